The lowest BCUT2D eigenvalue weighted by Crippen LogP contribution is -2.43. The van der Waals surface area contributed by atoms with E-state index in [1.54, 1.807) is 17.0 Å². The van der Waals surface area contributed by atoms with E-state index in [9.17, 15) is 14.0 Å². The smallest absolute Gasteiger partial charge is 0.243 e. The second-order valence-electron chi connectivity index (χ2n) is 7.07. The van der Waals surface area contributed by atoms with Gasteiger partial charge in [-0.25, -0.2) is 4.39 Å². The summed E-state index contributed by atoms with van der Waals surface area (Å²) in [6.07, 6.45) is 4.08. The molecule has 4 rings (SSSR count). The molecule has 2 fully saturated rings. The van der Waals surface area contributed by atoms with Crippen LogP contribution in [0.3, 0.4) is 0 Å². The number of halogens is 1. The van der Waals surface area contributed by atoms with Gasteiger partial charge in [-0.2, -0.15) is 0 Å². The van der Waals surface area contributed by atoms with Gasteiger partial charge in [0.1, 0.15) is 11.9 Å². The van der Waals surface area contributed by atoms with Crippen LogP contribution in [0.4, 0.5) is 14.7 Å². The molecule has 1 aromatic carbocycles. The van der Waals surface area contributed by atoms with Crippen LogP contribution in [0, 0.1) is 5.82 Å². The van der Waals surface area contributed by atoms with Crippen molar-refractivity contribution < 1.29 is 14.0 Å². The van der Waals surface area contributed by atoms with E-state index in [0.717, 1.165) is 37.8 Å². The molecule has 1 atom stereocenters. The zero-order valence-electron chi connectivity index (χ0n) is 15.4. The Labute approximate surface area is 166 Å². The molecule has 7 nitrogen and oxygen atoms in total. The van der Waals surface area contributed by atoms with Crippen molar-refractivity contribution in [2.45, 2.75) is 44.7 Å². The number of nitrogens with zero attached hydrogens (tertiary/aromatic N) is 4. The Morgan fingerprint density at radius 1 is 1.14 bits per heavy atom. The molecule has 2 aliphatic rings. The fraction of sp³-hybridized carbons (Fsp3) is 0.474. The van der Waals surface area contributed by atoms with E-state index in [1.165, 1.54) is 23.5 Å². The molecule has 1 aromatic heterocycles. The average Bonchev–Trinajstić information content (AvgIpc) is 3.37. The third-order valence-corrected chi connectivity index (χ3v) is 6.12. The Morgan fingerprint density at radius 3 is 2.71 bits per heavy atom. The Bertz CT molecular complexity index is 856. The maximum atomic E-state index is 13.0. The first-order valence-electron chi connectivity index (χ1n) is 9.54. The monoisotopic (exact) mass is 403 g/mol. The summed E-state index contributed by atoms with van der Waals surface area (Å²) in [5.74, 6) is -0.284. The van der Waals surface area contributed by atoms with Crippen molar-refractivity contribution >= 4 is 33.4 Å². The van der Waals surface area contributed by atoms with Gasteiger partial charge in [-0.1, -0.05) is 23.5 Å². The molecule has 2 aliphatic heterocycles. The minimum absolute atomic E-state index is 0.0763. The molecule has 0 bridgehead atoms. The summed E-state index contributed by atoms with van der Waals surface area (Å²) in [4.78, 5) is 28.5. The lowest BCUT2D eigenvalue weighted by atomic mass is 10.1. The fourth-order valence-corrected chi connectivity index (χ4v) is 4.58. The van der Waals surface area contributed by atoms with Crippen molar-refractivity contribution in [3.05, 3.63) is 35.6 Å². The van der Waals surface area contributed by atoms with E-state index in [1.807, 2.05) is 4.90 Å². The number of amides is 2. The predicted octanol–water partition coefficient (Wildman–Crippen LogP) is 2.48. The largest absolute Gasteiger partial charge is 0.350 e. The molecule has 0 saturated carbocycles. The molecular formula is C19H22FN5O2S. The molecule has 2 amide bonds. The molecule has 0 radical (unpaired) electrons. The zero-order chi connectivity index (χ0) is 19.5. The normalized spacial score (nSPS) is 19.9. The highest BCUT2D eigenvalue weighted by atomic mass is 32.1. The Hall–Kier alpha value is -2.55. The van der Waals surface area contributed by atoms with Gasteiger partial charge >= 0.3 is 0 Å². The molecule has 1 N–H and O–H groups in total. The highest BCUT2D eigenvalue weighted by Crippen LogP contribution is 2.33. The standard InChI is InChI=1S/C19H22FN5O2S/c20-14-8-6-13(7-9-14)12-21-17(27)15-4-3-11-24(15)18-22-23-19(28-18)25-10-2-1-5-16(25)26/h6-9,15H,1-5,10-12H2,(H,21,27)/t15-/m1/s1. The number of rotatable bonds is 5. The summed E-state index contributed by atoms with van der Waals surface area (Å²) in [6.45, 7) is 1.76. The minimum atomic E-state index is -0.307. The number of aromatic nitrogens is 2. The maximum absolute atomic E-state index is 13.0. The Balaban J connectivity index is 1.41. The van der Waals surface area contributed by atoms with Crippen molar-refractivity contribution in [1.29, 1.82) is 0 Å². The van der Waals surface area contributed by atoms with Crippen LogP contribution < -0.4 is 15.1 Å². The number of nitrogens with one attached hydrogen (secondary N) is 1. The van der Waals surface area contributed by atoms with Crippen molar-refractivity contribution in [3.63, 3.8) is 0 Å². The van der Waals surface area contributed by atoms with Crippen LogP contribution in [0.25, 0.3) is 0 Å². The van der Waals surface area contributed by atoms with E-state index >= 15 is 0 Å². The second-order valence-corrected chi connectivity index (χ2v) is 8.00. The van der Waals surface area contributed by atoms with Gasteiger partial charge in [0.2, 0.25) is 22.1 Å². The van der Waals surface area contributed by atoms with Gasteiger partial charge in [0.05, 0.1) is 0 Å². The van der Waals surface area contributed by atoms with E-state index in [0.29, 0.717) is 29.8 Å². The summed E-state index contributed by atoms with van der Waals surface area (Å²) in [6, 6.07) is 5.78. The summed E-state index contributed by atoms with van der Waals surface area (Å²) in [5.41, 5.74) is 0.848. The highest BCUT2D eigenvalue weighted by Gasteiger charge is 2.33. The molecule has 0 unspecified atom stereocenters. The lowest BCUT2D eigenvalue weighted by Gasteiger charge is -2.24. The molecule has 3 heterocycles. The zero-order valence-corrected chi connectivity index (χ0v) is 16.3. The maximum Gasteiger partial charge on any atom is 0.243 e. The summed E-state index contributed by atoms with van der Waals surface area (Å²) in [7, 11) is 0. The first-order chi connectivity index (χ1) is 13.6. The highest BCUT2D eigenvalue weighted by molar-refractivity contribution is 7.19. The molecule has 9 heteroatoms. The molecule has 0 aliphatic carbocycles. The SMILES string of the molecule is O=C(NCc1ccc(F)cc1)[C@H]1CCCN1c1nnc(N2CCCCC2=O)s1. The van der Waals surface area contributed by atoms with Gasteiger partial charge < -0.3 is 10.2 Å². The van der Waals surface area contributed by atoms with E-state index in [4.69, 9.17) is 0 Å². The van der Waals surface area contributed by atoms with Crippen molar-refractivity contribution in [2.75, 3.05) is 22.9 Å². The topological polar surface area (TPSA) is 78.4 Å². The van der Waals surface area contributed by atoms with Crippen molar-refractivity contribution in [3.8, 4) is 0 Å². The number of hydrogen-bond acceptors (Lipinski definition) is 6. The number of carbonyl (C=O) groups is 2. The third kappa shape index (κ3) is 3.99. The van der Waals surface area contributed by atoms with Crippen LogP contribution in [-0.4, -0.2) is 41.1 Å². The van der Waals surface area contributed by atoms with Gasteiger partial charge in [-0.3, -0.25) is 14.5 Å². The lowest BCUT2D eigenvalue weighted by molar-refractivity contribution is -0.122. The fourth-order valence-electron chi connectivity index (χ4n) is 3.62. The van der Waals surface area contributed by atoms with Crippen LogP contribution >= 0.6 is 11.3 Å². The van der Waals surface area contributed by atoms with E-state index < -0.39 is 0 Å². The Kier molecular flexibility index (Phi) is 5.52. The number of carbonyl (C=O) groups excluding carboxylic acids is 2. The van der Waals surface area contributed by atoms with Gasteiger partial charge in [-0.15, -0.1) is 10.2 Å². The first kappa shape index (κ1) is 18.8. The summed E-state index contributed by atoms with van der Waals surface area (Å²) >= 11 is 1.36. The van der Waals surface area contributed by atoms with Crippen LogP contribution in [-0.2, 0) is 16.1 Å². The minimum Gasteiger partial charge on any atom is -0.350 e. The van der Waals surface area contributed by atoms with Gasteiger partial charge in [0.25, 0.3) is 0 Å². The quantitative estimate of drug-likeness (QED) is 0.830. The van der Waals surface area contributed by atoms with Gasteiger partial charge in [0, 0.05) is 26.1 Å². The second kappa shape index (κ2) is 8.22. The van der Waals surface area contributed by atoms with Crippen LogP contribution in [0.15, 0.2) is 24.3 Å². The number of anilines is 2. The predicted molar refractivity (Wildman–Crippen MR) is 105 cm³/mol. The summed E-state index contributed by atoms with van der Waals surface area (Å²) in [5, 5.41) is 12.7. The summed E-state index contributed by atoms with van der Waals surface area (Å²) < 4.78 is 13.0. The molecule has 148 valence electrons. The average molecular weight is 403 g/mol. The molecular weight excluding hydrogens is 381 g/mol. The number of hydrogen-bond donors (Lipinski definition) is 1. The van der Waals surface area contributed by atoms with Crippen molar-refractivity contribution in [2.24, 2.45) is 0 Å². The third-order valence-electron chi connectivity index (χ3n) is 5.14. The van der Waals surface area contributed by atoms with Crippen LogP contribution in [0.2, 0.25) is 0 Å². The molecule has 0 spiro atoms. The van der Waals surface area contributed by atoms with Crippen LogP contribution in [0.1, 0.15) is 37.7 Å². The van der Waals surface area contributed by atoms with Gasteiger partial charge in [-0.05, 0) is 43.4 Å². The van der Waals surface area contributed by atoms with Crippen LogP contribution in [0.5, 0.6) is 0 Å². The molecule has 2 saturated heterocycles. The molecule has 2 aromatic rings. The number of piperidine rings is 1. The molecule has 28 heavy (non-hydrogen) atoms. The Morgan fingerprint density at radius 2 is 1.93 bits per heavy atom. The van der Waals surface area contributed by atoms with E-state index in [-0.39, 0.29) is 23.7 Å². The first-order valence-corrected chi connectivity index (χ1v) is 10.4. The number of benzene rings is 1. The van der Waals surface area contributed by atoms with Gasteiger partial charge in [0.15, 0.2) is 0 Å². The van der Waals surface area contributed by atoms with E-state index in [2.05, 4.69) is 15.5 Å². The van der Waals surface area contributed by atoms with Crippen molar-refractivity contribution in [1.82, 2.24) is 15.5 Å².